The minimum absolute atomic E-state index is 0. The number of hydrogen-bond acceptors (Lipinski definition) is 6. The fraction of sp³-hybridized carbons (Fsp3) is 0.391. The number of hydrogen-bond donors (Lipinski definition) is 4. The first-order chi connectivity index (χ1) is 15.1. The number of nitrogens with two attached hydrogens (primary N) is 2. The number of amidine groups is 2. The Balaban J connectivity index is 0.00000363. The van der Waals surface area contributed by atoms with Gasteiger partial charge >= 0.3 is 0 Å². The highest BCUT2D eigenvalue weighted by molar-refractivity contribution is 5.98. The molecule has 2 aromatic carbocycles. The molecule has 1 heterocycles. The summed E-state index contributed by atoms with van der Waals surface area (Å²) in [6.45, 7) is 4.46. The van der Waals surface area contributed by atoms with Gasteiger partial charge in [-0.2, -0.15) is 0 Å². The summed E-state index contributed by atoms with van der Waals surface area (Å²) in [7, 11) is 0. The molecule has 0 bridgehead atoms. The van der Waals surface area contributed by atoms with Crippen molar-refractivity contribution in [2.45, 2.75) is 6.42 Å². The molecule has 2 aromatic rings. The summed E-state index contributed by atoms with van der Waals surface area (Å²) in [5, 5.41) is 17.8. The third kappa shape index (κ3) is 6.85. The van der Waals surface area contributed by atoms with Gasteiger partial charge in [-0.05, 0) is 55.0 Å². The maximum Gasteiger partial charge on any atom is 0.125 e. The Hall–Kier alpha value is -2.81. The van der Waals surface area contributed by atoms with Gasteiger partial charge in [-0.15, -0.1) is 12.4 Å². The van der Waals surface area contributed by atoms with E-state index in [4.69, 9.17) is 21.7 Å². The average Bonchev–Trinajstić information content (AvgIpc) is 3.07. The van der Waals surface area contributed by atoms with Crippen molar-refractivity contribution >= 4 is 35.5 Å². The van der Waals surface area contributed by atoms with Gasteiger partial charge in [0.2, 0.25) is 0 Å². The SMILES string of the molecule is Cl.NC(=NCCO)c1ccc(N2CCCN(c3ccc(C(N)=NCCO)cc3)CC2)cc1. The minimum Gasteiger partial charge on any atom is -0.394 e. The van der Waals surface area contributed by atoms with Gasteiger partial charge in [-0.25, -0.2) is 0 Å². The zero-order valence-electron chi connectivity index (χ0n) is 18.2. The van der Waals surface area contributed by atoms with Crippen molar-refractivity contribution in [1.29, 1.82) is 0 Å². The Kier molecular flexibility index (Phi) is 10.3. The van der Waals surface area contributed by atoms with E-state index in [1.54, 1.807) is 0 Å². The summed E-state index contributed by atoms with van der Waals surface area (Å²) < 4.78 is 0. The third-order valence-electron chi connectivity index (χ3n) is 5.32. The predicted octanol–water partition coefficient (Wildman–Crippen LogP) is 1.22. The van der Waals surface area contributed by atoms with E-state index in [0.29, 0.717) is 24.8 Å². The molecule has 8 nitrogen and oxygen atoms in total. The van der Waals surface area contributed by atoms with Crippen LogP contribution in [0.3, 0.4) is 0 Å². The van der Waals surface area contributed by atoms with E-state index in [1.165, 1.54) is 11.4 Å². The van der Waals surface area contributed by atoms with Crippen molar-refractivity contribution < 1.29 is 10.2 Å². The van der Waals surface area contributed by atoms with Crippen LogP contribution in [-0.4, -0.2) is 74.4 Å². The zero-order valence-corrected chi connectivity index (χ0v) is 19.0. The van der Waals surface area contributed by atoms with Crippen LogP contribution in [-0.2, 0) is 0 Å². The molecule has 0 radical (unpaired) electrons. The molecule has 32 heavy (non-hydrogen) atoms. The number of aliphatic hydroxyl groups excluding tert-OH is 2. The summed E-state index contributed by atoms with van der Waals surface area (Å²) in [6, 6.07) is 16.2. The molecule has 0 amide bonds. The molecule has 1 saturated heterocycles. The topological polar surface area (TPSA) is 124 Å². The van der Waals surface area contributed by atoms with Crippen LogP contribution in [0.15, 0.2) is 58.5 Å². The molecule has 0 saturated carbocycles. The Labute approximate surface area is 195 Å². The normalized spacial score (nSPS) is 15.3. The van der Waals surface area contributed by atoms with E-state index in [2.05, 4.69) is 44.1 Å². The largest absolute Gasteiger partial charge is 0.394 e. The van der Waals surface area contributed by atoms with Crippen LogP contribution in [0, 0.1) is 0 Å². The van der Waals surface area contributed by atoms with Crippen molar-refractivity contribution in [3.05, 3.63) is 59.7 Å². The smallest absolute Gasteiger partial charge is 0.125 e. The molecule has 0 unspecified atom stereocenters. The Bertz CT molecular complexity index is 813. The first-order valence-electron chi connectivity index (χ1n) is 10.6. The standard InChI is InChI=1S/C23H32N6O2.ClH/c24-22(26-10-16-30)18-2-6-20(7-3-18)28-12-1-13-29(15-14-28)21-8-4-19(5-9-21)23(25)27-11-17-31;/h2-9,30-31H,1,10-17H2,(H2,24,26)(H2,25,27);1H. The highest BCUT2D eigenvalue weighted by Crippen LogP contribution is 2.21. The fourth-order valence-corrected chi connectivity index (χ4v) is 3.64. The third-order valence-corrected chi connectivity index (χ3v) is 5.32. The zero-order chi connectivity index (χ0) is 22.1. The maximum atomic E-state index is 8.88. The Morgan fingerprint density at radius 2 is 1.06 bits per heavy atom. The highest BCUT2D eigenvalue weighted by Gasteiger charge is 2.16. The van der Waals surface area contributed by atoms with Gasteiger partial charge in [0.25, 0.3) is 0 Å². The predicted molar refractivity (Wildman–Crippen MR) is 135 cm³/mol. The van der Waals surface area contributed by atoms with Gasteiger partial charge in [-0.3, -0.25) is 9.98 Å². The van der Waals surface area contributed by atoms with Crippen LogP contribution in [0.1, 0.15) is 17.5 Å². The van der Waals surface area contributed by atoms with Crippen LogP contribution in [0.25, 0.3) is 0 Å². The van der Waals surface area contributed by atoms with Gasteiger partial charge in [0, 0.05) is 48.7 Å². The molecular weight excluding hydrogens is 428 g/mol. The van der Waals surface area contributed by atoms with E-state index < -0.39 is 0 Å². The molecule has 0 atom stereocenters. The lowest BCUT2D eigenvalue weighted by Crippen LogP contribution is -2.30. The lowest BCUT2D eigenvalue weighted by molar-refractivity contribution is 0.306. The van der Waals surface area contributed by atoms with Crippen molar-refractivity contribution in [1.82, 2.24) is 0 Å². The first kappa shape index (κ1) is 25.5. The van der Waals surface area contributed by atoms with Crippen LogP contribution >= 0.6 is 12.4 Å². The number of aliphatic imine (C=N–C) groups is 2. The first-order valence-corrected chi connectivity index (χ1v) is 10.6. The molecular formula is C23H33ClN6O2. The number of aliphatic hydroxyl groups is 2. The number of rotatable bonds is 8. The second-order valence-corrected chi connectivity index (χ2v) is 7.40. The van der Waals surface area contributed by atoms with Gasteiger partial charge in [-0.1, -0.05) is 0 Å². The molecule has 0 aromatic heterocycles. The lowest BCUT2D eigenvalue weighted by Gasteiger charge is -2.25. The lowest BCUT2D eigenvalue weighted by atomic mass is 10.1. The molecule has 6 N–H and O–H groups in total. The van der Waals surface area contributed by atoms with E-state index in [9.17, 15) is 0 Å². The van der Waals surface area contributed by atoms with E-state index in [0.717, 1.165) is 43.7 Å². The van der Waals surface area contributed by atoms with Crippen LogP contribution in [0.5, 0.6) is 0 Å². The minimum atomic E-state index is -0.00350. The van der Waals surface area contributed by atoms with Gasteiger partial charge in [0.1, 0.15) is 11.7 Å². The van der Waals surface area contributed by atoms with Crippen molar-refractivity contribution in [2.24, 2.45) is 21.5 Å². The Morgan fingerprint density at radius 1 is 0.688 bits per heavy atom. The summed E-state index contributed by atoms with van der Waals surface area (Å²) in [5.41, 5.74) is 16.0. The molecule has 1 aliphatic rings. The summed E-state index contributed by atoms with van der Waals surface area (Å²) in [5.74, 6) is 0.904. The summed E-state index contributed by atoms with van der Waals surface area (Å²) >= 11 is 0. The van der Waals surface area contributed by atoms with Gasteiger partial charge in [0.15, 0.2) is 0 Å². The van der Waals surface area contributed by atoms with Crippen molar-refractivity contribution in [3.8, 4) is 0 Å². The molecule has 1 aliphatic heterocycles. The second kappa shape index (κ2) is 12.9. The van der Waals surface area contributed by atoms with Gasteiger partial charge in [0.05, 0.1) is 26.3 Å². The number of anilines is 2. The Morgan fingerprint density at radius 3 is 1.41 bits per heavy atom. The summed E-state index contributed by atoms with van der Waals surface area (Å²) in [4.78, 5) is 13.1. The molecule has 0 aliphatic carbocycles. The molecule has 9 heteroatoms. The van der Waals surface area contributed by atoms with Crippen molar-refractivity contribution in [2.75, 3.05) is 62.3 Å². The number of nitrogens with zero attached hydrogens (tertiary/aromatic N) is 4. The second-order valence-electron chi connectivity index (χ2n) is 7.40. The number of halogens is 1. The molecule has 0 spiro atoms. The van der Waals surface area contributed by atoms with Gasteiger partial charge < -0.3 is 31.5 Å². The van der Waals surface area contributed by atoms with Crippen LogP contribution in [0.4, 0.5) is 11.4 Å². The van der Waals surface area contributed by atoms with Crippen LogP contribution < -0.4 is 21.3 Å². The fourth-order valence-electron chi connectivity index (χ4n) is 3.64. The average molecular weight is 461 g/mol. The quantitative estimate of drug-likeness (QED) is 0.347. The number of benzene rings is 2. The van der Waals surface area contributed by atoms with E-state index in [-0.39, 0.29) is 25.6 Å². The van der Waals surface area contributed by atoms with Crippen molar-refractivity contribution in [3.63, 3.8) is 0 Å². The summed E-state index contributed by atoms with van der Waals surface area (Å²) in [6.07, 6.45) is 1.06. The monoisotopic (exact) mass is 460 g/mol. The van der Waals surface area contributed by atoms with Crippen LogP contribution in [0.2, 0.25) is 0 Å². The molecule has 174 valence electrons. The highest BCUT2D eigenvalue weighted by atomic mass is 35.5. The molecule has 1 fully saturated rings. The van der Waals surface area contributed by atoms with E-state index >= 15 is 0 Å². The molecule has 3 rings (SSSR count). The maximum absolute atomic E-state index is 8.88. The van der Waals surface area contributed by atoms with E-state index in [1.807, 2.05) is 24.3 Å².